The van der Waals surface area contributed by atoms with Gasteiger partial charge in [0.1, 0.15) is 0 Å². The van der Waals surface area contributed by atoms with E-state index in [2.05, 4.69) is 0 Å². The lowest BCUT2D eigenvalue weighted by atomic mass is 10.5. The molecule has 1 heterocycles. The number of nitrogens with one attached hydrogen (secondary N) is 3. The first-order valence-electron chi connectivity index (χ1n) is 3.92. The number of hydrogen-bond donors (Lipinski definition) is 3. The summed E-state index contributed by atoms with van der Waals surface area (Å²) >= 11 is 0. The fourth-order valence-electron chi connectivity index (χ4n) is 0.969. The van der Waals surface area contributed by atoms with Gasteiger partial charge in [-0.3, -0.25) is 40.1 Å². The van der Waals surface area contributed by atoms with Gasteiger partial charge in [-0.05, 0) is 0 Å². The third-order valence-corrected chi connectivity index (χ3v) is 1.72. The topological polar surface area (TPSA) is 139 Å². The molecule has 0 spiro atoms. The molecule has 3 N–H and O–H groups in total. The first-order valence-corrected chi connectivity index (χ1v) is 3.92. The highest BCUT2D eigenvalue weighted by molar-refractivity contribution is 5.57. The van der Waals surface area contributed by atoms with Gasteiger partial charge in [0.05, 0.1) is 4.92 Å². The molecule has 0 atom stereocenters. The van der Waals surface area contributed by atoms with Crippen molar-refractivity contribution in [2.75, 3.05) is 5.43 Å². The predicted molar refractivity (Wildman–Crippen MR) is 51.8 cm³/mol. The molecule has 0 unspecified atom stereocenters. The zero-order valence-electron chi connectivity index (χ0n) is 8.01. The number of hydrogen-bond acceptors (Lipinski definition) is 6. The molecule has 1 aromatic rings. The molecule has 0 bridgehead atoms. The van der Waals surface area contributed by atoms with E-state index in [-0.39, 0.29) is 6.41 Å². The van der Waals surface area contributed by atoms with E-state index in [0.717, 1.165) is 7.05 Å². The van der Waals surface area contributed by atoms with E-state index in [1.54, 1.807) is 0 Å². The minimum absolute atomic E-state index is 0.194. The molecule has 0 aliphatic rings. The fraction of sp³-hybridized carbons (Fsp3) is 0.167. The molecule has 10 nitrogen and oxygen atoms in total. The van der Waals surface area contributed by atoms with Crippen molar-refractivity contribution < 1.29 is 9.72 Å². The van der Waals surface area contributed by atoms with E-state index in [9.17, 15) is 24.5 Å². The maximum Gasteiger partial charge on any atom is 0.375 e. The second-order valence-corrected chi connectivity index (χ2v) is 2.66. The highest BCUT2D eigenvalue weighted by Crippen LogP contribution is 2.12. The van der Waals surface area contributed by atoms with Crippen LogP contribution in [0.4, 0.5) is 11.5 Å². The van der Waals surface area contributed by atoms with Crippen LogP contribution >= 0.6 is 0 Å². The predicted octanol–water partition coefficient (Wildman–Crippen LogP) is -1.95. The Bertz CT molecular complexity index is 543. The molecule has 0 aliphatic heterocycles. The lowest BCUT2D eigenvalue weighted by Gasteiger charge is -2.04. The van der Waals surface area contributed by atoms with Gasteiger partial charge in [-0.1, -0.05) is 0 Å². The van der Waals surface area contributed by atoms with E-state index >= 15 is 0 Å². The second-order valence-electron chi connectivity index (χ2n) is 2.66. The highest BCUT2D eigenvalue weighted by atomic mass is 16.6. The van der Waals surface area contributed by atoms with Gasteiger partial charge in [0.25, 0.3) is 0 Å². The summed E-state index contributed by atoms with van der Waals surface area (Å²) in [6, 6.07) is 0. The molecule has 0 saturated heterocycles. The lowest BCUT2D eigenvalue weighted by Crippen LogP contribution is -2.36. The van der Waals surface area contributed by atoms with Gasteiger partial charge in [-0.25, -0.2) is 4.79 Å². The molecular weight excluding hydrogens is 222 g/mol. The number of amides is 1. The van der Waals surface area contributed by atoms with Crippen molar-refractivity contribution in [3.8, 4) is 0 Å². The Hall–Kier alpha value is -2.65. The summed E-state index contributed by atoms with van der Waals surface area (Å²) in [6.45, 7) is 0. The minimum atomic E-state index is -1.08. The molecule has 0 fully saturated rings. The van der Waals surface area contributed by atoms with E-state index < -0.39 is 27.7 Å². The number of carbonyl (C=O) groups excluding carboxylic acids is 1. The van der Waals surface area contributed by atoms with Crippen molar-refractivity contribution in [3.05, 3.63) is 31.0 Å². The summed E-state index contributed by atoms with van der Waals surface area (Å²) in [5.41, 5.74) is 1.12. The van der Waals surface area contributed by atoms with Crippen LogP contribution in [0.2, 0.25) is 0 Å². The van der Waals surface area contributed by atoms with E-state index in [1.165, 1.54) is 0 Å². The minimum Gasteiger partial charge on any atom is -0.286 e. The van der Waals surface area contributed by atoms with Crippen molar-refractivity contribution in [1.82, 2.24) is 15.0 Å². The summed E-state index contributed by atoms with van der Waals surface area (Å²) in [5, 5.41) is 10.6. The van der Waals surface area contributed by atoms with E-state index in [4.69, 9.17) is 0 Å². The average molecular weight is 229 g/mol. The summed E-state index contributed by atoms with van der Waals surface area (Å²) in [4.78, 5) is 44.1. The van der Waals surface area contributed by atoms with Crippen LogP contribution in [0.15, 0.2) is 9.59 Å². The van der Waals surface area contributed by atoms with Crippen LogP contribution in [0.1, 0.15) is 0 Å². The number of nitro groups is 1. The van der Waals surface area contributed by atoms with Crippen LogP contribution in [0, 0.1) is 10.1 Å². The molecule has 10 heteroatoms. The van der Waals surface area contributed by atoms with Crippen molar-refractivity contribution in [2.45, 2.75) is 0 Å². The van der Waals surface area contributed by atoms with Crippen LogP contribution in [-0.4, -0.2) is 20.9 Å². The van der Waals surface area contributed by atoms with Crippen LogP contribution in [-0.2, 0) is 11.8 Å². The van der Waals surface area contributed by atoms with Crippen molar-refractivity contribution in [3.63, 3.8) is 0 Å². The van der Waals surface area contributed by atoms with Crippen LogP contribution in [0.25, 0.3) is 0 Å². The smallest absolute Gasteiger partial charge is 0.286 e. The molecule has 0 saturated carbocycles. The second kappa shape index (κ2) is 4.25. The third-order valence-electron chi connectivity index (χ3n) is 1.72. The Labute approximate surface area is 87.0 Å². The standard InChI is InChI=1S/C6H7N5O5/c1-10-5(13)3(11(15)16)4(8-6(10)14)9-7-2-12/h2,9H,1H3,(H,7,12)(H,8,14). The molecule has 16 heavy (non-hydrogen) atoms. The number of H-pyrrole nitrogens is 1. The summed E-state index contributed by atoms with van der Waals surface area (Å²) in [5.74, 6) is -0.481. The number of anilines is 1. The summed E-state index contributed by atoms with van der Waals surface area (Å²) < 4.78 is 0.546. The average Bonchev–Trinajstić information content (AvgIpc) is 2.22. The number of aromatic amines is 1. The first kappa shape index (κ1) is 11.4. The van der Waals surface area contributed by atoms with E-state index in [0.29, 0.717) is 4.57 Å². The number of rotatable bonds is 4. The van der Waals surface area contributed by atoms with Gasteiger partial charge in [0.15, 0.2) is 0 Å². The SMILES string of the molecule is Cn1c(=O)[nH]c(NNC=O)c([N+](=O)[O-])c1=O. The molecular formula is C6H7N5O5. The monoisotopic (exact) mass is 229 g/mol. The number of aromatic nitrogens is 2. The van der Waals surface area contributed by atoms with Gasteiger partial charge >= 0.3 is 16.9 Å². The van der Waals surface area contributed by atoms with Crippen molar-refractivity contribution >= 4 is 17.9 Å². The molecule has 1 amide bonds. The zero-order valence-corrected chi connectivity index (χ0v) is 8.01. The largest absolute Gasteiger partial charge is 0.375 e. The molecule has 0 radical (unpaired) electrons. The number of nitrogens with zero attached hydrogens (tertiary/aromatic N) is 2. The van der Waals surface area contributed by atoms with Gasteiger partial charge in [-0.2, -0.15) is 0 Å². The highest BCUT2D eigenvalue weighted by Gasteiger charge is 2.22. The molecule has 0 aliphatic carbocycles. The Morgan fingerprint density at radius 1 is 1.50 bits per heavy atom. The quantitative estimate of drug-likeness (QED) is 0.311. The van der Waals surface area contributed by atoms with Crippen LogP contribution in [0.5, 0.6) is 0 Å². The third kappa shape index (κ3) is 1.89. The van der Waals surface area contributed by atoms with Crippen LogP contribution in [0.3, 0.4) is 0 Å². The van der Waals surface area contributed by atoms with Crippen LogP contribution < -0.4 is 22.1 Å². The Balaban J connectivity index is 3.47. The molecule has 1 rings (SSSR count). The van der Waals surface area contributed by atoms with Crippen molar-refractivity contribution in [2.24, 2.45) is 7.05 Å². The van der Waals surface area contributed by atoms with Gasteiger partial charge in [0, 0.05) is 7.05 Å². The molecule has 0 aromatic carbocycles. The molecule has 1 aromatic heterocycles. The summed E-state index contributed by atoms with van der Waals surface area (Å²) in [6.07, 6.45) is 0.194. The normalized spacial score (nSPS) is 9.56. The Morgan fingerprint density at radius 2 is 2.12 bits per heavy atom. The maximum absolute atomic E-state index is 11.4. The number of hydrazine groups is 1. The number of carbonyl (C=O) groups is 1. The van der Waals surface area contributed by atoms with Gasteiger partial charge < -0.3 is 0 Å². The maximum atomic E-state index is 11.4. The first-order chi connectivity index (χ1) is 7.49. The Kier molecular flexibility index (Phi) is 3.03. The van der Waals surface area contributed by atoms with Gasteiger partial charge in [-0.15, -0.1) is 0 Å². The van der Waals surface area contributed by atoms with Gasteiger partial charge in [0.2, 0.25) is 12.2 Å². The summed E-state index contributed by atoms with van der Waals surface area (Å²) in [7, 11) is 1.09. The molecule has 86 valence electrons. The van der Waals surface area contributed by atoms with E-state index in [1.807, 2.05) is 15.8 Å². The zero-order chi connectivity index (χ0) is 12.3. The Morgan fingerprint density at radius 3 is 2.62 bits per heavy atom. The fourth-order valence-corrected chi connectivity index (χ4v) is 0.969. The lowest BCUT2D eigenvalue weighted by molar-refractivity contribution is -0.385. The van der Waals surface area contributed by atoms with Crippen molar-refractivity contribution in [1.29, 1.82) is 0 Å².